The van der Waals surface area contributed by atoms with Crippen LogP contribution in [0.5, 0.6) is 0 Å². The van der Waals surface area contributed by atoms with Crippen LogP contribution in [-0.2, 0) is 9.53 Å². The molecule has 0 N–H and O–H groups in total. The van der Waals surface area contributed by atoms with Gasteiger partial charge < -0.3 is 9.64 Å². The Bertz CT molecular complexity index is 625. The first kappa shape index (κ1) is 23.0. The first-order valence-corrected chi connectivity index (χ1v) is 10.7. The Labute approximate surface area is 176 Å². The van der Waals surface area contributed by atoms with Gasteiger partial charge in [0.05, 0.1) is 0 Å². The van der Waals surface area contributed by atoms with Gasteiger partial charge in [-0.25, -0.2) is 4.79 Å². The van der Waals surface area contributed by atoms with Crippen molar-refractivity contribution in [3.05, 3.63) is 42.0 Å². The van der Waals surface area contributed by atoms with Gasteiger partial charge in [-0.15, -0.1) is 12.4 Å². The molecule has 0 spiro atoms. The number of rotatable bonds is 6. The molecule has 0 aromatic heterocycles. The van der Waals surface area contributed by atoms with Gasteiger partial charge in [-0.2, -0.15) is 0 Å². The third-order valence-electron chi connectivity index (χ3n) is 6.44. The minimum atomic E-state index is -0.277. The van der Waals surface area contributed by atoms with E-state index in [2.05, 4.69) is 19.0 Å². The molecule has 2 fully saturated rings. The summed E-state index contributed by atoms with van der Waals surface area (Å²) in [6.07, 6.45) is 14.4. The summed E-state index contributed by atoms with van der Waals surface area (Å²) in [6.45, 7) is 1.01. The monoisotopic (exact) mass is 405 g/mol. The highest BCUT2D eigenvalue weighted by Crippen LogP contribution is 2.47. The molecule has 1 aromatic rings. The SMILES string of the molecule is CN(C)CC1CCCCC1(OC(=O)/C=C/c1ccccc1)C1CCCCC1.Cl. The normalized spacial score (nSPS) is 26.2. The number of esters is 1. The van der Waals surface area contributed by atoms with Gasteiger partial charge >= 0.3 is 5.97 Å². The molecule has 28 heavy (non-hydrogen) atoms. The van der Waals surface area contributed by atoms with Crippen molar-refractivity contribution in [2.45, 2.75) is 63.4 Å². The average molecular weight is 406 g/mol. The van der Waals surface area contributed by atoms with Crippen molar-refractivity contribution in [1.82, 2.24) is 4.90 Å². The van der Waals surface area contributed by atoms with Gasteiger partial charge in [0.25, 0.3) is 0 Å². The van der Waals surface area contributed by atoms with Gasteiger partial charge in [-0.3, -0.25) is 0 Å². The van der Waals surface area contributed by atoms with Gasteiger partial charge in [0.1, 0.15) is 5.60 Å². The fourth-order valence-corrected chi connectivity index (χ4v) is 5.22. The maximum absolute atomic E-state index is 12.8. The Morgan fingerprint density at radius 3 is 2.43 bits per heavy atom. The van der Waals surface area contributed by atoms with Crippen molar-refractivity contribution < 1.29 is 9.53 Å². The highest BCUT2D eigenvalue weighted by Gasteiger charge is 2.49. The molecule has 0 aliphatic heterocycles. The van der Waals surface area contributed by atoms with Gasteiger partial charge in [-0.05, 0) is 63.8 Å². The van der Waals surface area contributed by atoms with Crippen LogP contribution in [0, 0.1) is 11.8 Å². The first-order valence-electron chi connectivity index (χ1n) is 10.7. The molecule has 2 atom stereocenters. The number of halogens is 1. The second kappa shape index (κ2) is 11.0. The summed E-state index contributed by atoms with van der Waals surface area (Å²) in [5.41, 5.74) is 0.760. The lowest BCUT2D eigenvalue weighted by Crippen LogP contribution is -2.54. The summed E-state index contributed by atoms with van der Waals surface area (Å²) in [7, 11) is 4.27. The van der Waals surface area contributed by atoms with E-state index < -0.39 is 0 Å². The smallest absolute Gasteiger partial charge is 0.331 e. The predicted molar refractivity (Wildman–Crippen MR) is 119 cm³/mol. The van der Waals surface area contributed by atoms with E-state index >= 15 is 0 Å². The Morgan fingerprint density at radius 1 is 1.07 bits per heavy atom. The fourth-order valence-electron chi connectivity index (χ4n) is 5.22. The molecule has 2 aliphatic carbocycles. The van der Waals surface area contributed by atoms with E-state index in [0.29, 0.717) is 11.8 Å². The molecule has 2 aliphatic rings. The summed E-state index contributed by atoms with van der Waals surface area (Å²) in [4.78, 5) is 15.1. The lowest BCUT2D eigenvalue weighted by molar-refractivity contribution is -0.180. The lowest BCUT2D eigenvalue weighted by Gasteiger charge is -2.50. The second-order valence-corrected chi connectivity index (χ2v) is 8.66. The third kappa shape index (κ3) is 5.84. The maximum Gasteiger partial charge on any atom is 0.331 e. The zero-order valence-corrected chi connectivity index (χ0v) is 18.3. The van der Waals surface area contributed by atoms with Crippen LogP contribution in [0.15, 0.2) is 36.4 Å². The molecule has 0 amide bonds. The number of benzene rings is 1. The number of hydrogen-bond acceptors (Lipinski definition) is 3. The number of ether oxygens (including phenoxy) is 1. The van der Waals surface area contributed by atoms with Crippen LogP contribution < -0.4 is 0 Å². The van der Waals surface area contributed by atoms with Crippen LogP contribution in [0.1, 0.15) is 63.4 Å². The van der Waals surface area contributed by atoms with Crippen molar-refractivity contribution in [3.8, 4) is 0 Å². The fraction of sp³-hybridized carbons (Fsp3) is 0.625. The average Bonchev–Trinajstić information content (AvgIpc) is 2.69. The summed E-state index contributed by atoms with van der Waals surface area (Å²) in [5, 5.41) is 0. The molecule has 2 unspecified atom stereocenters. The van der Waals surface area contributed by atoms with E-state index in [1.165, 1.54) is 51.4 Å². The van der Waals surface area contributed by atoms with E-state index in [1.54, 1.807) is 6.08 Å². The predicted octanol–water partition coefficient (Wildman–Crippen LogP) is 5.74. The maximum atomic E-state index is 12.8. The van der Waals surface area contributed by atoms with Gasteiger partial charge in [0, 0.05) is 18.5 Å². The Hall–Kier alpha value is -1.32. The Morgan fingerprint density at radius 2 is 1.75 bits per heavy atom. The summed E-state index contributed by atoms with van der Waals surface area (Å²) in [6, 6.07) is 9.99. The van der Waals surface area contributed by atoms with E-state index in [0.717, 1.165) is 18.5 Å². The van der Waals surface area contributed by atoms with Crippen LogP contribution >= 0.6 is 12.4 Å². The first-order chi connectivity index (χ1) is 13.1. The zero-order valence-electron chi connectivity index (χ0n) is 17.4. The molecular formula is C24H36ClNO2. The third-order valence-corrected chi connectivity index (χ3v) is 6.44. The Kier molecular flexibility index (Phi) is 9.04. The molecular weight excluding hydrogens is 370 g/mol. The largest absolute Gasteiger partial charge is 0.455 e. The summed E-state index contributed by atoms with van der Waals surface area (Å²) < 4.78 is 6.40. The van der Waals surface area contributed by atoms with Crippen molar-refractivity contribution in [3.63, 3.8) is 0 Å². The number of hydrogen-bond donors (Lipinski definition) is 0. The number of carbonyl (C=O) groups is 1. The van der Waals surface area contributed by atoms with Gasteiger partial charge in [0.2, 0.25) is 0 Å². The number of nitrogens with zero attached hydrogens (tertiary/aromatic N) is 1. The van der Waals surface area contributed by atoms with Gasteiger partial charge in [-0.1, -0.05) is 56.0 Å². The minimum Gasteiger partial charge on any atom is -0.455 e. The lowest BCUT2D eigenvalue weighted by atomic mass is 9.64. The van der Waals surface area contributed by atoms with Crippen LogP contribution in [0.25, 0.3) is 6.08 Å². The molecule has 156 valence electrons. The quantitative estimate of drug-likeness (QED) is 0.446. The van der Waals surface area contributed by atoms with Crippen LogP contribution in [-0.4, -0.2) is 37.1 Å². The van der Waals surface area contributed by atoms with Crippen molar-refractivity contribution >= 4 is 24.5 Å². The second-order valence-electron chi connectivity index (χ2n) is 8.66. The summed E-state index contributed by atoms with van der Waals surface area (Å²) >= 11 is 0. The van der Waals surface area contributed by atoms with E-state index in [4.69, 9.17) is 4.74 Å². The summed E-state index contributed by atoms with van der Waals surface area (Å²) in [5.74, 6) is 0.791. The molecule has 1 aromatic carbocycles. The van der Waals surface area contributed by atoms with E-state index in [-0.39, 0.29) is 24.0 Å². The van der Waals surface area contributed by atoms with E-state index in [9.17, 15) is 4.79 Å². The molecule has 4 heteroatoms. The molecule has 2 saturated carbocycles. The topological polar surface area (TPSA) is 29.5 Å². The molecule has 3 nitrogen and oxygen atoms in total. The zero-order chi connectivity index (χ0) is 19.1. The van der Waals surface area contributed by atoms with E-state index in [1.807, 2.05) is 36.4 Å². The standard InChI is InChI=1S/C24H35NO2.ClH/c1-25(2)19-22-15-9-10-18-24(22,21-13-7-4-8-14-21)27-23(26)17-16-20-11-5-3-6-12-20;/h3,5-6,11-12,16-17,21-22H,4,7-10,13-15,18-19H2,1-2H3;1H/b17-16+;. The van der Waals surface area contributed by atoms with Crippen LogP contribution in [0.2, 0.25) is 0 Å². The highest BCUT2D eigenvalue weighted by molar-refractivity contribution is 5.87. The van der Waals surface area contributed by atoms with Crippen molar-refractivity contribution in [1.29, 1.82) is 0 Å². The van der Waals surface area contributed by atoms with Crippen LogP contribution in [0.4, 0.5) is 0 Å². The van der Waals surface area contributed by atoms with Crippen LogP contribution in [0.3, 0.4) is 0 Å². The molecule has 0 heterocycles. The van der Waals surface area contributed by atoms with Crippen molar-refractivity contribution in [2.75, 3.05) is 20.6 Å². The molecule has 0 bridgehead atoms. The number of carbonyl (C=O) groups excluding carboxylic acids is 1. The molecule has 3 rings (SSSR count). The van der Waals surface area contributed by atoms with Gasteiger partial charge in [0.15, 0.2) is 0 Å². The minimum absolute atomic E-state index is 0. The molecule has 0 saturated heterocycles. The van der Waals surface area contributed by atoms with Crippen molar-refractivity contribution in [2.24, 2.45) is 11.8 Å². The molecule has 0 radical (unpaired) electrons. The Balaban J connectivity index is 0.00000280. The highest BCUT2D eigenvalue weighted by atomic mass is 35.5.